The molecule has 1 aromatic carbocycles. The molecule has 2 rings (SSSR count). The number of carbonyl (C=O) groups excluding carboxylic acids is 1. The number of aryl methyl sites for hydroxylation is 1. The minimum atomic E-state index is -0.989. The van der Waals surface area contributed by atoms with Gasteiger partial charge in [-0.25, -0.2) is 14.6 Å². The van der Waals surface area contributed by atoms with Crippen LogP contribution in [0.1, 0.15) is 21.6 Å². The third-order valence-corrected chi connectivity index (χ3v) is 3.58. The molecule has 7 heteroatoms. The lowest BCUT2D eigenvalue weighted by Gasteiger charge is -2.18. The van der Waals surface area contributed by atoms with Crippen molar-refractivity contribution in [1.29, 1.82) is 0 Å². The third-order valence-electron chi connectivity index (χ3n) is 2.94. The molecule has 6 nitrogen and oxygen atoms in total. The summed E-state index contributed by atoms with van der Waals surface area (Å²) in [7, 11) is 1.68. The van der Waals surface area contributed by atoms with Gasteiger partial charge in [0.05, 0.1) is 23.3 Å². The number of hydrogen-bond acceptors (Lipinski definition) is 4. The van der Waals surface area contributed by atoms with E-state index in [1.165, 1.54) is 28.4 Å². The molecule has 1 aromatic heterocycles. The van der Waals surface area contributed by atoms with E-state index < -0.39 is 5.97 Å². The van der Waals surface area contributed by atoms with Gasteiger partial charge in [-0.05, 0) is 30.7 Å². The molecule has 0 saturated carbocycles. The number of nitrogens with zero attached hydrogens (tertiary/aromatic N) is 2. The first-order valence-electron chi connectivity index (χ1n) is 6.20. The molecule has 2 N–H and O–H groups in total. The topological polar surface area (TPSA) is 82.5 Å². The van der Waals surface area contributed by atoms with Crippen LogP contribution < -0.4 is 5.32 Å². The summed E-state index contributed by atoms with van der Waals surface area (Å²) in [5.74, 6) is -0.989. The minimum absolute atomic E-state index is 0.196. The number of thiazole rings is 1. The number of anilines is 1. The highest BCUT2D eigenvalue weighted by Gasteiger charge is 2.12. The first kappa shape index (κ1) is 15.0. The largest absolute Gasteiger partial charge is 0.478 e. The van der Waals surface area contributed by atoms with Crippen molar-refractivity contribution in [2.75, 3.05) is 12.4 Å². The van der Waals surface area contributed by atoms with Crippen molar-refractivity contribution in [3.05, 3.63) is 45.9 Å². The molecular weight excluding hydrogens is 290 g/mol. The van der Waals surface area contributed by atoms with Crippen LogP contribution in [0.5, 0.6) is 0 Å². The van der Waals surface area contributed by atoms with Crippen LogP contribution in [0, 0.1) is 6.92 Å². The Balaban J connectivity index is 2.03. The van der Waals surface area contributed by atoms with E-state index in [2.05, 4.69) is 10.3 Å². The molecule has 0 unspecified atom stereocenters. The van der Waals surface area contributed by atoms with Gasteiger partial charge >= 0.3 is 12.0 Å². The van der Waals surface area contributed by atoms with Crippen molar-refractivity contribution in [2.45, 2.75) is 13.5 Å². The van der Waals surface area contributed by atoms with Gasteiger partial charge in [0.15, 0.2) is 0 Å². The van der Waals surface area contributed by atoms with Crippen molar-refractivity contribution in [2.24, 2.45) is 0 Å². The zero-order valence-electron chi connectivity index (χ0n) is 11.7. The van der Waals surface area contributed by atoms with Gasteiger partial charge in [0, 0.05) is 18.1 Å². The van der Waals surface area contributed by atoms with E-state index in [-0.39, 0.29) is 11.6 Å². The molecule has 0 saturated heterocycles. The van der Waals surface area contributed by atoms with Crippen molar-refractivity contribution in [1.82, 2.24) is 9.88 Å². The second kappa shape index (κ2) is 6.36. The van der Waals surface area contributed by atoms with Gasteiger partial charge in [-0.3, -0.25) is 0 Å². The number of rotatable bonds is 4. The second-order valence-electron chi connectivity index (χ2n) is 4.60. The van der Waals surface area contributed by atoms with Crippen LogP contribution in [0.3, 0.4) is 0 Å². The number of urea groups is 1. The summed E-state index contributed by atoms with van der Waals surface area (Å²) < 4.78 is 0. The molecule has 0 bridgehead atoms. The average Bonchev–Trinajstić information content (AvgIpc) is 2.93. The summed E-state index contributed by atoms with van der Waals surface area (Å²) in [5, 5.41) is 13.6. The van der Waals surface area contributed by atoms with E-state index in [0.29, 0.717) is 17.8 Å². The lowest BCUT2D eigenvalue weighted by Crippen LogP contribution is -2.31. The van der Waals surface area contributed by atoms with E-state index in [1.54, 1.807) is 25.5 Å². The van der Waals surface area contributed by atoms with Crippen molar-refractivity contribution >= 4 is 29.0 Å². The normalized spacial score (nSPS) is 10.2. The summed E-state index contributed by atoms with van der Waals surface area (Å²) in [6, 6.07) is 4.31. The lowest BCUT2D eigenvalue weighted by molar-refractivity contribution is 0.0697. The zero-order valence-corrected chi connectivity index (χ0v) is 12.5. The van der Waals surface area contributed by atoms with Gasteiger partial charge in [0.25, 0.3) is 0 Å². The number of aromatic nitrogens is 1. The summed E-state index contributed by atoms with van der Waals surface area (Å²) in [4.78, 5) is 28.6. The van der Waals surface area contributed by atoms with Crippen LogP contribution in [0.25, 0.3) is 0 Å². The van der Waals surface area contributed by atoms with Crippen molar-refractivity contribution < 1.29 is 14.7 Å². The highest BCUT2D eigenvalue weighted by Crippen LogP contribution is 2.17. The van der Waals surface area contributed by atoms with E-state index in [0.717, 1.165) is 5.69 Å². The van der Waals surface area contributed by atoms with Crippen molar-refractivity contribution in [3.8, 4) is 0 Å². The Morgan fingerprint density at radius 2 is 2.19 bits per heavy atom. The van der Waals surface area contributed by atoms with Crippen LogP contribution in [-0.2, 0) is 6.54 Å². The van der Waals surface area contributed by atoms with Gasteiger partial charge in [0.1, 0.15) is 0 Å². The highest BCUT2D eigenvalue weighted by atomic mass is 32.1. The molecule has 0 fully saturated rings. The van der Waals surface area contributed by atoms with E-state index in [9.17, 15) is 9.59 Å². The number of carbonyl (C=O) groups is 2. The number of amides is 2. The molecule has 0 atom stereocenters. The molecule has 0 radical (unpaired) electrons. The molecule has 0 aliphatic rings. The molecule has 0 aliphatic carbocycles. The summed E-state index contributed by atoms with van der Waals surface area (Å²) in [6.45, 7) is 2.17. The predicted octanol–water partition coefficient (Wildman–Crippen LogP) is 2.81. The van der Waals surface area contributed by atoms with Crippen LogP contribution in [-0.4, -0.2) is 34.0 Å². The molecular formula is C14H15N3O3S. The molecule has 21 heavy (non-hydrogen) atoms. The number of benzene rings is 1. The van der Waals surface area contributed by atoms with E-state index in [1.807, 2.05) is 5.38 Å². The number of aromatic carboxylic acids is 1. The summed E-state index contributed by atoms with van der Waals surface area (Å²) in [5.41, 5.74) is 4.04. The maximum absolute atomic E-state index is 12.1. The maximum atomic E-state index is 12.1. The SMILES string of the molecule is Cc1cc(C(=O)O)ccc1NC(=O)N(C)Cc1cscn1. The van der Waals surface area contributed by atoms with E-state index in [4.69, 9.17) is 5.11 Å². The van der Waals surface area contributed by atoms with Gasteiger partial charge < -0.3 is 15.3 Å². The summed E-state index contributed by atoms with van der Waals surface area (Å²) in [6.07, 6.45) is 0. The molecule has 110 valence electrons. The number of hydrogen-bond donors (Lipinski definition) is 2. The number of nitrogens with one attached hydrogen (secondary N) is 1. The van der Waals surface area contributed by atoms with Crippen LogP contribution in [0.2, 0.25) is 0 Å². The molecule has 1 heterocycles. The first-order valence-corrected chi connectivity index (χ1v) is 7.15. The summed E-state index contributed by atoms with van der Waals surface area (Å²) >= 11 is 1.48. The minimum Gasteiger partial charge on any atom is -0.478 e. The third kappa shape index (κ3) is 3.79. The van der Waals surface area contributed by atoms with Gasteiger partial charge in [-0.2, -0.15) is 0 Å². The fraction of sp³-hybridized carbons (Fsp3) is 0.214. The van der Waals surface area contributed by atoms with Gasteiger partial charge in [-0.15, -0.1) is 11.3 Å². The quantitative estimate of drug-likeness (QED) is 0.910. The Kier molecular flexibility index (Phi) is 4.54. The van der Waals surface area contributed by atoms with Gasteiger partial charge in [0.2, 0.25) is 0 Å². The van der Waals surface area contributed by atoms with Crippen LogP contribution in [0.15, 0.2) is 29.1 Å². The average molecular weight is 305 g/mol. The Bertz CT molecular complexity index is 655. The standard InChI is InChI=1S/C14H15N3O3S/c1-9-5-10(13(18)19)3-4-12(9)16-14(20)17(2)6-11-7-21-8-15-11/h3-5,7-8H,6H2,1-2H3,(H,16,20)(H,18,19). The highest BCUT2D eigenvalue weighted by molar-refractivity contribution is 7.07. The fourth-order valence-electron chi connectivity index (χ4n) is 1.78. The van der Waals surface area contributed by atoms with Gasteiger partial charge in [-0.1, -0.05) is 0 Å². The smallest absolute Gasteiger partial charge is 0.335 e. The molecule has 0 aliphatic heterocycles. The monoisotopic (exact) mass is 305 g/mol. The molecule has 2 aromatic rings. The predicted molar refractivity (Wildman–Crippen MR) is 80.7 cm³/mol. The Hall–Kier alpha value is -2.41. The van der Waals surface area contributed by atoms with Crippen LogP contribution in [0.4, 0.5) is 10.5 Å². The molecule has 0 spiro atoms. The Morgan fingerprint density at radius 1 is 1.43 bits per heavy atom. The first-order chi connectivity index (χ1) is 9.97. The fourth-order valence-corrected chi connectivity index (χ4v) is 2.33. The second-order valence-corrected chi connectivity index (χ2v) is 5.32. The van der Waals surface area contributed by atoms with Crippen LogP contribution >= 0.6 is 11.3 Å². The zero-order chi connectivity index (χ0) is 15.4. The van der Waals surface area contributed by atoms with E-state index >= 15 is 0 Å². The van der Waals surface area contributed by atoms with Crippen molar-refractivity contribution in [3.63, 3.8) is 0 Å². The molecule has 2 amide bonds. The lowest BCUT2D eigenvalue weighted by atomic mass is 10.1. The Morgan fingerprint density at radius 3 is 2.76 bits per heavy atom. The number of carboxylic acid groups (broad SMARTS) is 1. The maximum Gasteiger partial charge on any atom is 0.335 e. The Labute approximate surface area is 126 Å². The number of carboxylic acids is 1.